The van der Waals surface area contributed by atoms with E-state index < -0.39 is 9.84 Å². The summed E-state index contributed by atoms with van der Waals surface area (Å²) in [6.45, 7) is 3.96. The number of aryl methyl sites for hydroxylation is 1. The number of rotatable bonds is 4. The summed E-state index contributed by atoms with van der Waals surface area (Å²) in [6, 6.07) is 7.24. The second-order valence-electron chi connectivity index (χ2n) is 6.24. The first-order valence-corrected chi connectivity index (χ1v) is 10.5. The van der Waals surface area contributed by atoms with Crippen molar-refractivity contribution >= 4 is 39.3 Å². The van der Waals surface area contributed by atoms with Crippen LogP contribution in [0.1, 0.15) is 23.4 Å². The molecule has 0 saturated carbocycles. The van der Waals surface area contributed by atoms with Gasteiger partial charge in [0.15, 0.2) is 9.84 Å². The van der Waals surface area contributed by atoms with E-state index >= 15 is 0 Å². The Kier molecular flexibility index (Phi) is 5.14. The monoisotopic (exact) mass is 399 g/mol. The van der Waals surface area contributed by atoms with E-state index in [1.54, 1.807) is 18.3 Å². The highest BCUT2D eigenvalue weighted by Crippen LogP contribution is 2.28. The molecule has 1 aromatic heterocycles. The molecule has 1 atom stereocenters. The number of benzene rings is 1. The van der Waals surface area contributed by atoms with Gasteiger partial charge < -0.3 is 9.99 Å². The second kappa shape index (κ2) is 7.02. The molecule has 0 unspecified atom stereocenters. The highest BCUT2D eigenvalue weighted by molar-refractivity contribution is 7.91. The maximum atomic E-state index is 11.5. The molecule has 8 heteroatoms. The minimum absolute atomic E-state index is 0.118. The molecule has 0 radical (unpaired) electrons. The maximum Gasteiger partial charge on any atom is 0.152 e. The van der Waals surface area contributed by atoms with E-state index in [-0.39, 0.29) is 17.5 Å². The van der Waals surface area contributed by atoms with Crippen LogP contribution < -0.4 is 5.43 Å². The van der Waals surface area contributed by atoms with Crippen LogP contribution in [0.3, 0.4) is 0 Å². The number of nitrogens with one attached hydrogen (secondary N) is 1. The molecule has 1 aliphatic heterocycles. The van der Waals surface area contributed by atoms with Crippen LogP contribution in [0.25, 0.3) is 5.69 Å². The van der Waals surface area contributed by atoms with Crippen LogP contribution in [0.4, 0.5) is 0 Å². The van der Waals surface area contributed by atoms with Gasteiger partial charge in [0.2, 0.25) is 0 Å². The molecule has 1 saturated heterocycles. The lowest BCUT2D eigenvalue weighted by molar-refractivity contribution is 0.578. The van der Waals surface area contributed by atoms with Crippen molar-refractivity contribution in [1.29, 1.82) is 0 Å². The Labute approximate surface area is 157 Å². The number of aromatic nitrogens is 1. The van der Waals surface area contributed by atoms with Gasteiger partial charge in [0.05, 0.1) is 34.5 Å². The van der Waals surface area contributed by atoms with Crippen LogP contribution >= 0.6 is 23.2 Å². The quantitative estimate of drug-likeness (QED) is 0.631. The van der Waals surface area contributed by atoms with Gasteiger partial charge in [-0.2, -0.15) is 5.10 Å². The van der Waals surface area contributed by atoms with E-state index in [1.807, 2.05) is 30.5 Å². The first kappa shape index (κ1) is 18.3. The van der Waals surface area contributed by atoms with Gasteiger partial charge in [-0.15, -0.1) is 0 Å². The van der Waals surface area contributed by atoms with Crippen molar-refractivity contribution in [3.63, 3.8) is 0 Å². The van der Waals surface area contributed by atoms with Crippen molar-refractivity contribution in [2.24, 2.45) is 5.10 Å². The molecule has 0 amide bonds. The fourth-order valence-corrected chi connectivity index (χ4v) is 5.09. The fraction of sp³-hybridized carbons (Fsp3) is 0.353. The Bertz CT molecular complexity index is 936. The lowest BCUT2D eigenvalue weighted by Gasteiger charge is -2.12. The summed E-state index contributed by atoms with van der Waals surface area (Å²) in [5.41, 5.74) is 6.67. The molecular formula is C17H19Cl2N3O2S. The van der Waals surface area contributed by atoms with E-state index in [1.165, 1.54) is 0 Å². The predicted octanol–water partition coefficient (Wildman–Crippen LogP) is 3.51. The number of hydrogen-bond acceptors (Lipinski definition) is 4. The van der Waals surface area contributed by atoms with E-state index in [0.717, 1.165) is 22.6 Å². The van der Waals surface area contributed by atoms with Crippen molar-refractivity contribution in [1.82, 2.24) is 9.99 Å². The van der Waals surface area contributed by atoms with Crippen LogP contribution in [-0.2, 0) is 9.84 Å². The number of hydrazone groups is 1. The van der Waals surface area contributed by atoms with Crippen molar-refractivity contribution in [3.8, 4) is 5.69 Å². The number of halogens is 2. The molecule has 3 rings (SSSR count). The third-order valence-electron chi connectivity index (χ3n) is 4.31. The Hall–Kier alpha value is -1.50. The van der Waals surface area contributed by atoms with Crippen LogP contribution in [0, 0.1) is 13.8 Å². The molecule has 2 aromatic rings. The molecule has 2 heterocycles. The number of nitrogens with zero attached hydrogens (tertiary/aromatic N) is 2. The van der Waals surface area contributed by atoms with Gasteiger partial charge in [-0.25, -0.2) is 8.42 Å². The average Bonchev–Trinajstić information content (AvgIpc) is 3.02. The SMILES string of the molecule is Cc1cc(/C=N\N[C@H]2CCS(=O)(=O)C2)c(C)n1-c1cc(Cl)ccc1Cl. The zero-order valence-electron chi connectivity index (χ0n) is 14.0. The van der Waals surface area contributed by atoms with E-state index in [9.17, 15) is 8.42 Å². The molecule has 25 heavy (non-hydrogen) atoms. The molecular weight excluding hydrogens is 381 g/mol. The van der Waals surface area contributed by atoms with Gasteiger partial charge in [0.1, 0.15) is 0 Å². The van der Waals surface area contributed by atoms with Gasteiger partial charge in [0, 0.05) is 22.0 Å². The Morgan fingerprint density at radius 3 is 2.72 bits per heavy atom. The summed E-state index contributed by atoms with van der Waals surface area (Å²) in [4.78, 5) is 0. The zero-order valence-corrected chi connectivity index (χ0v) is 16.3. The first-order chi connectivity index (χ1) is 11.8. The van der Waals surface area contributed by atoms with Gasteiger partial charge >= 0.3 is 0 Å². The highest BCUT2D eigenvalue weighted by Gasteiger charge is 2.27. The fourth-order valence-electron chi connectivity index (χ4n) is 3.06. The standard InChI is InChI=1S/C17H19Cl2N3O2S/c1-11-7-13(9-20-21-15-5-6-25(23,24)10-15)12(2)22(11)17-8-14(18)3-4-16(17)19/h3-4,7-9,15,21H,5-6,10H2,1-2H3/b20-9-/t15-/m0/s1. The summed E-state index contributed by atoms with van der Waals surface area (Å²) >= 11 is 12.4. The van der Waals surface area contributed by atoms with Crippen LogP contribution in [0.15, 0.2) is 29.4 Å². The molecule has 0 aliphatic carbocycles. The summed E-state index contributed by atoms with van der Waals surface area (Å²) in [5.74, 6) is 0.365. The lowest BCUT2D eigenvalue weighted by Crippen LogP contribution is -2.25. The van der Waals surface area contributed by atoms with Crippen molar-refractivity contribution in [2.75, 3.05) is 11.5 Å². The minimum Gasteiger partial charge on any atom is -0.316 e. The van der Waals surface area contributed by atoms with Gasteiger partial charge in [0.25, 0.3) is 0 Å². The van der Waals surface area contributed by atoms with Gasteiger partial charge in [-0.05, 0) is 44.5 Å². The Morgan fingerprint density at radius 1 is 1.28 bits per heavy atom. The summed E-state index contributed by atoms with van der Waals surface area (Å²) < 4.78 is 25.0. The second-order valence-corrected chi connectivity index (χ2v) is 9.32. The van der Waals surface area contributed by atoms with Gasteiger partial charge in [-0.1, -0.05) is 23.2 Å². The molecule has 1 fully saturated rings. The predicted molar refractivity (Wildman–Crippen MR) is 103 cm³/mol. The topological polar surface area (TPSA) is 63.5 Å². The third-order valence-corrected chi connectivity index (χ3v) is 6.64. The molecule has 1 N–H and O–H groups in total. The molecule has 1 aromatic carbocycles. The van der Waals surface area contributed by atoms with E-state index in [2.05, 4.69) is 10.5 Å². The summed E-state index contributed by atoms with van der Waals surface area (Å²) in [6.07, 6.45) is 2.30. The van der Waals surface area contributed by atoms with Crippen LogP contribution in [-0.4, -0.2) is 36.7 Å². The smallest absolute Gasteiger partial charge is 0.152 e. The Morgan fingerprint density at radius 2 is 2.04 bits per heavy atom. The first-order valence-electron chi connectivity index (χ1n) is 7.90. The molecule has 0 spiro atoms. The maximum absolute atomic E-state index is 11.5. The summed E-state index contributed by atoms with van der Waals surface area (Å²) in [5, 5.41) is 5.46. The molecule has 5 nitrogen and oxygen atoms in total. The van der Waals surface area contributed by atoms with Crippen molar-refractivity contribution in [3.05, 3.63) is 51.3 Å². The van der Waals surface area contributed by atoms with Crippen molar-refractivity contribution in [2.45, 2.75) is 26.3 Å². The van der Waals surface area contributed by atoms with Crippen LogP contribution in [0.5, 0.6) is 0 Å². The third kappa shape index (κ3) is 4.02. The van der Waals surface area contributed by atoms with E-state index in [0.29, 0.717) is 16.5 Å². The van der Waals surface area contributed by atoms with Gasteiger partial charge in [-0.3, -0.25) is 0 Å². The number of sulfone groups is 1. The number of hydrogen-bond donors (Lipinski definition) is 1. The summed E-state index contributed by atoms with van der Waals surface area (Å²) in [7, 11) is -2.91. The average molecular weight is 400 g/mol. The normalized spacial score (nSPS) is 19.6. The highest BCUT2D eigenvalue weighted by atomic mass is 35.5. The Balaban J connectivity index is 1.83. The molecule has 1 aliphatic rings. The largest absolute Gasteiger partial charge is 0.316 e. The lowest BCUT2D eigenvalue weighted by atomic mass is 10.2. The molecule has 134 valence electrons. The molecule has 0 bridgehead atoms. The minimum atomic E-state index is -2.91. The van der Waals surface area contributed by atoms with Crippen molar-refractivity contribution < 1.29 is 8.42 Å². The van der Waals surface area contributed by atoms with E-state index in [4.69, 9.17) is 23.2 Å². The zero-order chi connectivity index (χ0) is 18.2. The van der Waals surface area contributed by atoms with Crippen LogP contribution in [0.2, 0.25) is 10.0 Å².